The molecule has 1 saturated heterocycles. The smallest absolute Gasteiger partial charge is 0.323 e. The van der Waals surface area contributed by atoms with Gasteiger partial charge in [-0.2, -0.15) is 0 Å². The molecule has 0 bridgehead atoms. The molecule has 1 aliphatic rings. The highest BCUT2D eigenvalue weighted by atomic mass is 35.5. The second-order valence-corrected chi connectivity index (χ2v) is 6.35. The maximum atomic E-state index is 12.3. The maximum absolute atomic E-state index is 12.3. The van der Waals surface area contributed by atoms with Gasteiger partial charge in [0.25, 0.3) is 0 Å². The fourth-order valence-electron chi connectivity index (χ4n) is 3.45. The Morgan fingerprint density at radius 1 is 1.16 bits per heavy atom. The maximum Gasteiger partial charge on any atom is 0.323 e. The summed E-state index contributed by atoms with van der Waals surface area (Å²) >= 11 is 6.04. The Balaban J connectivity index is 2.09. The molecule has 0 spiro atoms. The average molecular weight is 361 g/mol. The van der Waals surface area contributed by atoms with E-state index in [4.69, 9.17) is 16.3 Å². The van der Waals surface area contributed by atoms with Crippen LogP contribution in [0.4, 0.5) is 0 Å². The molecule has 0 saturated carbocycles. The van der Waals surface area contributed by atoms with Crippen LogP contribution >= 0.6 is 11.6 Å². The van der Waals surface area contributed by atoms with E-state index in [1.54, 1.807) is 48.5 Å². The molecule has 1 aliphatic heterocycles. The molecule has 2 aromatic rings. The predicted octanol–water partition coefficient (Wildman–Crippen LogP) is 2.96. The molecule has 1 heterocycles. The minimum atomic E-state index is -1.02. The Labute approximate surface area is 149 Å². The van der Waals surface area contributed by atoms with Gasteiger partial charge >= 0.3 is 5.97 Å². The molecular formula is C18H17ClN2O4. The molecule has 7 heteroatoms. The fraction of sp³-hybridized carbons (Fsp3) is 0.278. The van der Waals surface area contributed by atoms with Gasteiger partial charge in [-0.25, -0.2) is 0 Å². The Morgan fingerprint density at radius 2 is 1.84 bits per heavy atom. The first-order chi connectivity index (χ1) is 12.0. The van der Waals surface area contributed by atoms with E-state index in [2.05, 4.69) is 5.32 Å². The lowest BCUT2D eigenvalue weighted by molar-refractivity contribution is -0.527. The zero-order valence-electron chi connectivity index (χ0n) is 13.5. The summed E-state index contributed by atoms with van der Waals surface area (Å²) in [4.78, 5) is 23.8. The van der Waals surface area contributed by atoms with Gasteiger partial charge in [-0.3, -0.25) is 20.2 Å². The highest BCUT2D eigenvalue weighted by Crippen LogP contribution is 2.40. The van der Waals surface area contributed by atoms with Gasteiger partial charge in [-0.05, 0) is 23.3 Å². The Hall–Kier alpha value is -2.44. The molecule has 6 nitrogen and oxygen atoms in total. The van der Waals surface area contributed by atoms with Gasteiger partial charge < -0.3 is 4.74 Å². The Kier molecular flexibility index (Phi) is 5.01. The standard InChI is InChI=1S/C18H17ClN2O4/c1-25-18(22)16-14(11-6-3-2-4-7-11)17(21(23)24)15(20-16)12-8-5-9-13(19)10-12/h2-10,14-17,20H,1H3/t14-,15-,16-,17+/m0/s1. The van der Waals surface area contributed by atoms with Crippen LogP contribution in [0, 0.1) is 10.1 Å². The number of ether oxygens (including phenoxy) is 1. The zero-order chi connectivity index (χ0) is 18.0. The van der Waals surface area contributed by atoms with Crippen LogP contribution in [0.15, 0.2) is 54.6 Å². The number of carbonyl (C=O) groups excluding carboxylic acids is 1. The Morgan fingerprint density at radius 3 is 2.44 bits per heavy atom. The van der Waals surface area contributed by atoms with E-state index >= 15 is 0 Å². The van der Waals surface area contributed by atoms with Crippen molar-refractivity contribution in [3.63, 3.8) is 0 Å². The molecule has 2 aromatic carbocycles. The topological polar surface area (TPSA) is 81.5 Å². The van der Waals surface area contributed by atoms with Crippen molar-refractivity contribution in [1.29, 1.82) is 0 Å². The quantitative estimate of drug-likeness (QED) is 0.515. The number of nitrogens with zero attached hydrogens (tertiary/aromatic N) is 1. The number of hydrogen-bond donors (Lipinski definition) is 1. The summed E-state index contributed by atoms with van der Waals surface area (Å²) in [7, 11) is 1.28. The van der Waals surface area contributed by atoms with Gasteiger partial charge in [0.05, 0.1) is 13.0 Å². The first-order valence-electron chi connectivity index (χ1n) is 7.80. The van der Waals surface area contributed by atoms with Crippen molar-refractivity contribution in [2.24, 2.45) is 0 Å². The number of rotatable bonds is 4. The lowest BCUT2D eigenvalue weighted by Gasteiger charge is -2.19. The molecule has 0 radical (unpaired) electrons. The fourth-order valence-corrected chi connectivity index (χ4v) is 3.65. The van der Waals surface area contributed by atoms with Crippen LogP contribution in [0.5, 0.6) is 0 Å². The van der Waals surface area contributed by atoms with Gasteiger partial charge in [0.2, 0.25) is 6.04 Å². The van der Waals surface area contributed by atoms with Crippen LogP contribution < -0.4 is 5.32 Å². The normalized spacial score (nSPS) is 25.5. The monoisotopic (exact) mass is 360 g/mol. The molecule has 0 aromatic heterocycles. The zero-order valence-corrected chi connectivity index (χ0v) is 14.2. The number of halogens is 1. The number of carbonyl (C=O) groups is 1. The lowest BCUT2D eigenvalue weighted by Crippen LogP contribution is -2.37. The van der Waals surface area contributed by atoms with E-state index in [0.29, 0.717) is 10.6 Å². The van der Waals surface area contributed by atoms with Gasteiger partial charge in [-0.15, -0.1) is 0 Å². The van der Waals surface area contributed by atoms with Crippen molar-refractivity contribution in [3.8, 4) is 0 Å². The molecule has 25 heavy (non-hydrogen) atoms. The molecule has 0 amide bonds. The molecule has 0 unspecified atom stereocenters. The molecule has 130 valence electrons. The van der Waals surface area contributed by atoms with E-state index in [9.17, 15) is 14.9 Å². The number of methoxy groups -OCH3 is 1. The van der Waals surface area contributed by atoms with Crippen molar-refractivity contribution < 1.29 is 14.5 Å². The average Bonchev–Trinajstić information content (AvgIpc) is 3.02. The van der Waals surface area contributed by atoms with E-state index in [-0.39, 0.29) is 4.92 Å². The first kappa shape index (κ1) is 17.4. The first-order valence-corrected chi connectivity index (χ1v) is 8.18. The van der Waals surface area contributed by atoms with Gasteiger partial charge in [0.15, 0.2) is 0 Å². The second kappa shape index (κ2) is 7.21. The molecule has 1 N–H and O–H groups in total. The lowest BCUT2D eigenvalue weighted by atomic mass is 9.85. The van der Waals surface area contributed by atoms with E-state index < -0.39 is 30.0 Å². The van der Waals surface area contributed by atoms with Crippen LogP contribution in [-0.4, -0.2) is 30.1 Å². The summed E-state index contributed by atoms with van der Waals surface area (Å²) in [6, 6.07) is 13.4. The van der Waals surface area contributed by atoms with Gasteiger partial charge in [0, 0.05) is 9.95 Å². The summed E-state index contributed by atoms with van der Waals surface area (Å²) < 4.78 is 4.87. The van der Waals surface area contributed by atoms with Crippen molar-refractivity contribution >= 4 is 17.6 Å². The highest BCUT2D eigenvalue weighted by molar-refractivity contribution is 6.30. The van der Waals surface area contributed by atoms with Gasteiger partial charge in [-0.1, -0.05) is 54.1 Å². The van der Waals surface area contributed by atoms with Crippen LogP contribution in [0.25, 0.3) is 0 Å². The van der Waals surface area contributed by atoms with Crippen molar-refractivity contribution in [2.75, 3.05) is 7.11 Å². The largest absolute Gasteiger partial charge is 0.468 e. The molecule has 3 rings (SSSR count). The third kappa shape index (κ3) is 3.36. The van der Waals surface area contributed by atoms with E-state index in [1.165, 1.54) is 7.11 Å². The second-order valence-electron chi connectivity index (χ2n) is 5.91. The number of hydrogen-bond acceptors (Lipinski definition) is 5. The van der Waals surface area contributed by atoms with Crippen molar-refractivity contribution in [1.82, 2.24) is 5.32 Å². The third-order valence-electron chi connectivity index (χ3n) is 4.52. The summed E-state index contributed by atoms with van der Waals surface area (Å²) in [6.45, 7) is 0. The number of nitrogens with one attached hydrogen (secondary N) is 1. The molecule has 4 atom stereocenters. The highest BCUT2D eigenvalue weighted by Gasteiger charge is 2.54. The van der Waals surface area contributed by atoms with E-state index in [1.807, 2.05) is 6.07 Å². The SMILES string of the molecule is COC(=O)[C@H]1N[C@@H](c2cccc(Cl)c2)[C@H]([N+](=O)[O-])[C@H]1c1ccccc1. The summed E-state index contributed by atoms with van der Waals surface area (Å²) in [5.41, 5.74) is 1.39. The van der Waals surface area contributed by atoms with Crippen molar-refractivity contribution in [3.05, 3.63) is 80.9 Å². The summed E-state index contributed by atoms with van der Waals surface area (Å²) in [5.74, 6) is -1.17. The minimum Gasteiger partial charge on any atom is -0.468 e. The summed E-state index contributed by atoms with van der Waals surface area (Å²) in [6.07, 6.45) is 0. The third-order valence-corrected chi connectivity index (χ3v) is 4.75. The van der Waals surface area contributed by atoms with E-state index in [0.717, 1.165) is 5.56 Å². The predicted molar refractivity (Wildman–Crippen MR) is 93.1 cm³/mol. The number of benzene rings is 2. The molecular weight excluding hydrogens is 344 g/mol. The summed E-state index contributed by atoms with van der Waals surface area (Å²) in [5, 5.41) is 15.5. The Bertz CT molecular complexity index is 784. The van der Waals surface area contributed by atoms with Crippen LogP contribution in [0.1, 0.15) is 23.1 Å². The van der Waals surface area contributed by atoms with Crippen LogP contribution in [-0.2, 0) is 9.53 Å². The number of esters is 1. The van der Waals surface area contributed by atoms with Crippen LogP contribution in [0.2, 0.25) is 5.02 Å². The minimum absolute atomic E-state index is 0.334. The van der Waals surface area contributed by atoms with Gasteiger partial charge in [0.1, 0.15) is 12.1 Å². The van der Waals surface area contributed by atoms with Crippen molar-refractivity contribution in [2.45, 2.75) is 24.0 Å². The molecule has 0 aliphatic carbocycles. The number of nitro groups is 1. The van der Waals surface area contributed by atoms with Crippen LogP contribution in [0.3, 0.4) is 0 Å². The molecule has 1 fully saturated rings.